The van der Waals surface area contributed by atoms with Crippen molar-refractivity contribution < 1.29 is 19.2 Å². The lowest BCUT2D eigenvalue weighted by Gasteiger charge is -2.06. The summed E-state index contributed by atoms with van der Waals surface area (Å²) in [6.45, 7) is 0.641. The highest BCUT2D eigenvalue weighted by Crippen LogP contribution is 2.27. The number of rotatable bonds is 7. The molecule has 0 atom stereocenters. The molecule has 0 fully saturated rings. The van der Waals surface area contributed by atoms with E-state index in [4.69, 9.17) is 9.47 Å². The van der Waals surface area contributed by atoms with Gasteiger partial charge in [-0.25, -0.2) is 0 Å². The molecule has 8 heteroatoms. The number of nitro benzene ring substituents is 1. The van der Waals surface area contributed by atoms with Crippen molar-refractivity contribution in [2.24, 2.45) is 0 Å². The minimum Gasteiger partial charge on any atom is -0.382 e. The Bertz CT molecular complexity index is 466. The molecule has 0 aliphatic carbocycles. The maximum atomic E-state index is 11.5. The number of carbonyl (C=O) groups is 1. The van der Waals surface area contributed by atoms with Crippen LogP contribution < -0.4 is 5.32 Å². The van der Waals surface area contributed by atoms with E-state index >= 15 is 0 Å². The summed E-state index contributed by atoms with van der Waals surface area (Å²) in [5.74, 6) is -0.336. The molecule has 0 aromatic heterocycles. The third-order valence-corrected chi connectivity index (χ3v) is 2.73. The van der Waals surface area contributed by atoms with E-state index in [0.29, 0.717) is 23.4 Å². The Morgan fingerprint density at radius 1 is 1.47 bits per heavy atom. The number of methoxy groups -OCH3 is 1. The number of anilines is 1. The van der Waals surface area contributed by atoms with Gasteiger partial charge in [0.15, 0.2) is 0 Å². The van der Waals surface area contributed by atoms with E-state index in [1.807, 2.05) is 0 Å². The van der Waals surface area contributed by atoms with Gasteiger partial charge >= 0.3 is 0 Å². The Hall–Kier alpha value is -1.51. The minimum atomic E-state index is -0.510. The summed E-state index contributed by atoms with van der Waals surface area (Å²) in [6.07, 6.45) is 0. The van der Waals surface area contributed by atoms with Gasteiger partial charge in [0.1, 0.15) is 6.61 Å². The summed E-state index contributed by atoms with van der Waals surface area (Å²) >= 11 is 3.07. The maximum Gasteiger partial charge on any atom is 0.283 e. The van der Waals surface area contributed by atoms with Crippen LogP contribution in [-0.4, -0.2) is 37.8 Å². The summed E-state index contributed by atoms with van der Waals surface area (Å²) < 4.78 is 10.1. The molecule has 1 amide bonds. The number of halogens is 1. The molecule has 1 aromatic rings. The van der Waals surface area contributed by atoms with Crippen molar-refractivity contribution in [3.63, 3.8) is 0 Å². The number of hydrogen-bond donors (Lipinski definition) is 1. The lowest BCUT2D eigenvalue weighted by Crippen LogP contribution is -2.19. The molecule has 0 bridgehead atoms. The number of nitrogens with one attached hydrogen (secondary N) is 1. The molecule has 104 valence electrons. The van der Waals surface area contributed by atoms with Crippen molar-refractivity contribution in [1.29, 1.82) is 0 Å². The highest BCUT2D eigenvalue weighted by Gasteiger charge is 2.12. The molecule has 19 heavy (non-hydrogen) atoms. The van der Waals surface area contributed by atoms with Gasteiger partial charge in [-0.05, 0) is 28.1 Å². The van der Waals surface area contributed by atoms with E-state index in [1.54, 1.807) is 0 Å². The van der Waals surface area contributed by atoms with Gasteiger partial charge in [-0.3, -0.25) is 14.9 Å². The van der Waals surface area contributed by atoms with Gasteiger partial charge in [0, 0.05) is 18.9 Å². The molecule has 0 radical (unpaired) electrons. The highest BCUT2D eigenvalue weighted by atomic mass is 79.9. The molecule has 0 saturated heterocycles. The molecule has 0 spiro atoms. The molecular weight excluding hydrogens is 320 g/mol. The van der Waals surface area contributed by atoms with E-state index in [1.165, 1.54) is 25.3 Å². The first-order valence-corrected chi connectivity index (χ1v) is 6.14. The van der Waals surface area contributed by atoms with Crippen LogP contribution in [0.1, 0.15) is 0 Å². The first-order chi connectivity index (χ1) is 9.04. The van der Waals surface area contributed by atoms with Gasteiger partial charge < -0.3 is 14.8 Å². The van der Waals surface area contributed by atoms with Crippen molar-refractivity contribution in [2.75, 3.05) is 32.2 Å². The topological polar surface area (TPSA) is 90.7 Å². The summed E-state index contributed by atoms with van der Waals surface area (Å²) in [4.78, 5) is 21.6. The average Bonchev–Trinajstić information content (AvgIpc) is 2.34. The predicted molar refractivity (Wildman–Crippen MR) is 72.1 cm³/mol. The van der Waals surface area contributed by atoms with Gasteiger partial charge in [-0.15, -0.1) is 0 Å². The zero-order valence-electron chi connectivity index (χ0n) is 10.2. The van der Waals surface area contributed by atoms with Gasteiger partial charge in [-0.1, -0.05) is 0 Å². The van der Waals surface area contributed by atoms with Crippen LogP contribution in [0.15, 0.2) is 22.7 Å². The summed E-state index contributed by atoms with van der Waals surface area (Å²) in [5, 5.41) is 13.2. The Balaban J connectivity index is 2.51. The maximum absolute atomic E-state index is 11.5. The number of hydrogen-bond acceptors (Lipinski definition) is 5. The Kier molecular flexibility index (Phi) is 6.40. The molecule has 0 aliphatic heterocycles. The standard InChI is InChI=1S/C11H13BrN2O5/c1-18-4-5-19-7-11(15)13-8-2-3-10(14(16)17)9(12)6-8/h2-3,6H,4-5,7H2,1H3,(H,13,15). The SMILES string of the molecule is COCCOCC(=O)Nc1ccc([N+](=O)[O-])c(Br)c1. The lowest BCUT2D eigenvalue weighted by atomic mass is 10.3. The molecule has 0 unspecified atom stereocenters. The smallest absolute Gasteiger partial charge is 0.283 e. The number of benzene rings is 1. The van der Waals surface area contributed by atoms with E-state index in [0.717, 1.165) is 0 Å². The molecule has 1 aromatic carbocycles. The fourth-order valence-electron chi connectivity index (χ4n) is 1.24. The third-order valence-electron chi connectivity index (χ3n) is 2.09. The van der Waals surface area contributed by atoms with Gasteiger partial charge in [0.25, 0.3) is 5.69 Å². The number of nitro groups is 1. The molecule has 0 aliphatic rings. The van der Waals surface area contributed by atoms with Gasteiger partial charge in [0.05, 0.1) is 22.6 Å². The Labute approximate surface area is 118 Å². The van der Waals surface area contributed by atoms with Crippen LogP contribution in [-0.2, 0) is 14.3 Å². The molecule has 7 nitrogen and oxygen atoms in total. The van der Waals surface area contributed by atoms with Crippen LogP contribution in [0.25, 0.3) is 0 Å². The van der Waals surface area contributed by atoms with Crippen molar-refractivity contribution in [3.8, 4) is 0 Å². The quantitative estimate of drug-likeness (QED) is 0.468. The molecule has 0 saturated carbocycles. The van der Waals surface area contributed by atoms with Crippen LogP contribution in [0, 0.1) is 10.1 Å². The zero-order chi connectivity index (χ0) is 14.3. The Morgan fingerprint density at radius 2 is 2.21 bits per heavy atom. The molecule has 1 rings (SSSR count). The number of amides is 1. The highest BCUT2D eigenvalue weighted by molar-refractivity contribution is 9.10. The number of nitrogens with zero attached hydrogens (tertiary/aromatic N) is 1. The van der Waals surface area contributed by atoms with Gasteiger partial charge in [0.2, 0.25) is 5.91 Å². The molecule has 0 heterocycles. The van der Waals surface area contributed by atoms with Crippen LogP contribution >= 0.6 is 15.9 Å². The fourth-order valence-corrected chi connectivity index (χ4v) is 1.76. The largest absolute Gasteiger partial charge is 0.382 e. The number of ether oxygens (including phenoxy) is 2. The van der Waals surface area contributed by atoms with Crippen LogP contribution in [0.4, 0.5) is 11.4 Å². The van der Waals surface area contributed by atoms with Crippen LogP contribution in [0.5, 0.6) is 0 Å². The van der Waals surface area contributed by atoms with Crippen molar-refractivity contribution in [1.82, 2.24) is 0 Å². The summed E-state index contributed by atoms with van der Waals surface area (Å²) in [6, 6.07) is 4.23. The number of carbonyl (C=O) groups excluding carboxylic acids is 1. The van der Waals surface area contributed by atoms with Crippen LogP contribution in [0.2, 0.25) is 0 Å². The first-order valence-electron chi connectivity index (χ1n) is 5.35. The normalized spacial score (nSPS) is 10.2. The lowest BCUT2D eigenvalue weighted by molar-refractivity contribution is -0.385. The van der Waals surface area contributed by atoms with E-state index in [9.17, 15) is 14.9 Å². The Morgan fingerprint density at radius 3 is 2.79 bits per heavy atom. The first kappa shape index (κ1) is 15.5. The van der Waals surface area contributed by atoms with Crippen molar-refractivity contribution in [3.05, 3.63) is 32.8 Å². The van der Waals surface area contributed by atoms with Crippen molar-refractivity contribution >= 4 is 33.2 Å². The second-order valence-corrected chi connectivity index (χ2v) is 4.37. The second-order valence-electron chi connectivity index (χ2n) is 3.52. The predicted octanol–water partition coefficient (Wildman–Crippen LogP) is 1.96. The van der Waals surface area contributed by atoms with E-state index in [-0.39, 0.29) is 18.2 Å². The molecule has 1 N–H and O–H groups in total. The van der Waals surface area contributed by atoms with E-state index in [2.05, 4.69) is 21.2 Å². The van der Waals surface area contributed by atoms with Crippen molar-refractivity contribution in [2.45, 2.75) is 0 Å². The monoisotopic (exact) mass is 332 g/mol. The van der Waals surface area contributed by atoms with E-state index < -0.39 is 4.92 Å². The third kappa shape index (κ3) is 5.33. The minimum absolute atomic E-state index is 0.0608. The molecular formula is C11H13BrN2O5. The summed E-state index contributed by atoms with van der Waals surface area (Å²) in [7, 11) is 1.54. The fraction of sp³-hybridized carbons (Fsp3) is 0.364. The summed E-state index contributed by atoms with van der Waals surface area (Å²) in [5.41, 5.74) is 0.396. The van der Waals surface area contributed by atoms with Crippen LogP contribution in [0.3, 0.4) is 0 Å². The van der Waals surface area contributed by atoms with Gasteiger partial charge in [-0.2, -0.15) is 0 Å². The second kappa shape index (κ2) is 7.82. The zero-order valence-corrected chi connectivity index (χ0v) is 11.8. The average molecular weight is 333 g/mol.